The summed E-state index contributed by atoms with van der Waals surface area (Å²) in [7, 11) is 2.86. The average molecular weight is 601 g/mol. The van der Waals surface area contributed by atoms with Crippen LogP contribution in [0, 0.1) is 0 Å². The summed E-state index contributed by atoms with van der Waals surface area (Å²) in [5, 5.41) is 10.6. The first-order valence-electron chi connectivity index (χ1n) is 13.2. The summed E-state index contributed by atoms with van der Waals surface area (Å²) in [6.45, 7) is 8.15. The molecule has 0 aliphatic carbocycles. The molecule has 0 aromatic carbocycles. The number of ether oxygens (including phenoxy) is 2. The van der Waals surface area contributed by atoms with Gasteiger partial charge in [-0.2, -0.15) is 0 Å². The summed E-state index contributed by atoms with van der Waals surface area (Å²) in [6.07, 6.45) is 2.50. The van der Waals surface area contributed by atoms with E-state index in [0.717, 1.165) is 0 Å². The van der Waals surface area contributed by atoms with Gasteiger partial charge in [-0.25, -0.2) is 0 Å². The van der Waals surface area contributed by atoms with Gasteiger partial charge in [0.15, 0.2) is 0 Å². The van der Waals surface area contributed by atoms with Crippen molar-refractivity contribution in [2.75, 3.05) is 18.1 Å². The highest BCUT2D eigenvalue weighted by Gasteiger charge is 2.34. The Balaban J connectivity index is 2.41. The monoisotopic (exact) mass is 600 g/mol. The topological polar surface area (TPSA) is 169 Å². The Labute approximate surface area is 242 Å². The van der Waals surface area contributed by atoms with Crippen molar-refractivity contribution >= 4 is 57.2 Å². The molecule has 2 aliphatic rings. The minimum atomic E-state index is -1.35. The van der Waals surface area contributed by atoms with E-state index < -0.39 is 64.9 Å². The van der Waals surface area contributed by atoms with Crippen molar-refractivity contribution in [3.63, 3.8) is 0 Å². The zero-order valence-corrected chi connectivity index (χ0v) is 25.3. The predicted octanol–water partition coefficient (Wildman–Crippen LogP) is 1.14. The Morgan fingerprint density at radius 2 is 1.82 bits per heavy atom. The number of amides is 4. The van der Waals surface area contributed by atoms with Gasteiger partial charge in [-0.05, 0) is 53.5 Å². The van der Waals surface area contributed by atoms with Crippen LogP contribution in [0.4, 0.5) is 0 Å². The average Bonchev–Trinajstić information content (AvgIpc) is 2.82. The van der Waals surface area contributed by atoms with Gasteiger partial charge in [0.1, 0.15) is 29.3 Å². The van der Waals surface area contributed by atoms with E-state index in [1.807, 2.05) is 0 Å². The van der Waals surface area contributed by atoms with Crippen molar-refractivity contribution in [1.82, 2.24) is 21.3 Å². The van der Waals surface area contributed by atoms with Crippen LogP contribution in [0.25, 0.3) is 0 Å². The first-order valence-corrected chi connectivity index (χ1v) is 15.7. The molecule has 3 atom stereocenters. The molecule has 1 saturated heterocycles. The summed E-state index contributed by atoms with van der Waals surface area (Å²) < 4.78 is 10.8. The number of hydrogen-bond acceptors (Lipinski definition) is 10. The molecule has 2 rings (SSSR count). The lowest BCUT2D eigenvalue weighted by Gasteiger charge is -2.29. The molecule has 0 aromatic heterocycles. The largest absolute Gasteiger partial charge is 0.460 e. The highest BCUT2D eigenvalue weighted by Crippen LogP contribution is 2.24. The van der Waals surface area contributed by atoms with Crippen molar-refractivity contribution in [1.29, 1.82) is 0 Å². The Morgan fingerprint density at radius 1 is 1.10 bits per heavy atom. The number of nitrogens with one attached hydrogen (secondary N) is 4. The van der Waals surface area contributed by atoms with Gasteiger partial charge >= 0.3 is 11.9 Å². The number of fused-ring (bicyclic) bond motifs is 7. The minimum Gasteiger partial charge on any atom is -0.460 e. The van der Waals surface area contributed by atoms with Gasteiger partial charge < -0.3 is 30.7 Å². The normalized spacial score (nSPS) is 26.5. The number of carbonyl (C=O) groups excluding carboxylic acids is 6. The molecule has 0 unspecified atom stereocenters. The van der Waals surface area contributed by atoms with E-state index in [-0.39, 0.29) is 38.0 Å². The van der Waals surface area contributed by atoms with Crippen molar-refractivity contribution in [3.8, 4) is 0 Å². The maximum Gasteiger partial charge on any atom is 0.308 e. The molecule has 0 radical (unpaired) electrons. The molecule has 4 N–H and O–H groups in total. The lowest BCUT2D eigenvalue weighted by molar-refractivity contribution is -0.155. The van der Waals surface area contributed by atoms with E-state index in [1.165, 1.54) is 35.4 Å². The van der Waals surface area contributed by atoms with Gasteiger partial charge in [-0.15, -0.1) is 0 Å². The first kappa shape index (κ1) is 33.5. The predicted molar refractivity (Wildman–Crippen MR) is 152 cm³/mol. The lowest BCUT2D eigenvalue weighted by atomic mass is 10.0. The van der Waals surface area contributed by atoms with Crippen molar-refractivity contribution in [2.45, 2.75) is 96.1 Å². The van der Waals surface area contributed by atoms with E-state index in [9.17, 15) is 28.8 Å². The number of hydrogen-bond donors (Lipinski definition) is 4. The van der Waals surface area contributed by atoms with Gasteiger partial charge in [0.2, 0.25) is 23.6 Å². The minimum absolute atomic E-state index is 0.0288. The molecular weight excluding hydrogens is 560 g/mol. The Hall–Kier alpha value is -2.74. The van der Waals surface area contributed by atoms with E-state index in [0.29, 0.717) is 12.2 Å². The van der Waals surface area contributed by atoms with Crippen LogP contribution in [-0.4, -0.2) is 82.9 Å². The molecule has 0 spiro atoms. The lowest BCUT2D eigenvalue weighted by Crippen LogP contribution is -2.61. The van der Waals surface area contributed by atoms with Gasteiger partial charge in [0.25, 0.3) is 0 Å². The van der Waals surface area contributed by atoms with Crippen LogP contribution in [0.1, 0.15) is 66.7 Å². The molecular formula is C26H40N4O8S2. The van der Waals surface area contributed by atoms with E-state index in [4.69, 9.17) is 9.47 Å². The second-order valence-electron chi connectivity index (χ2n) is 11.0. The fourth-order valence-corrected chi connectivity index (χ4v) is 5.84. The van der Waals surface area contributed by atoms with Crippen LogP contribution in [0.2, 0.25) is 0 Å². The summed E-state index contributed by atoms with van der Waals surface area (Å²) in [5.74, 6) is -2.67. The summed E-state index contributed by atoms with van der Waals surface area (Å²) >= 11 is 0. The highest BCUT2D eigenvalue weighted by molar-refractivity contribution is 8.76. The Kier molecular flexibility index (Phi) is 12.8. The molecule has 2 bridgehead atoms. The summed E-state index contributed by atoms with van der Waals surface area (Å²) in [5.41, 5.74) is -2.08. The summed E-state index contributed by atoms with van der Waals surface area (Å²) in [6, 6.07) is -2.21. The van der Waals surface area contributed by atoms with Crippen molar-refractivity contribution < 1.29 is 38.2 Å². The second-order valence-corrected chi connectivity index (χ2v) is 13.6. The maximum absolute atomic E-state index is 13.4. The van der Waals surface area contributed by atoms with Crippen molar-refractivity contribution in [2.24, 2.45) is 0 Å². The highest BCUT2D eigenvalue weighted by atomic mass is 33.1. The van der Waals surface area contributed by atoms with Gasteiger partial charge in [0.05, 0.1) is 12.8 Å². The molecule has 12 nitrogen and oxygen atoms in total. The number of rotatable bonds is 3. The number of esters is 2. The zero-order valence-electron chi connectivity index (χ0n) is 23.6. The standard InChI is InChI=1S/C26H40N4O8S2/c1-25(2,3)38-21(33)10-9-17-22(34)29-18-15-40-39-13-7-6-8-16(14-19(31)28-17)37-20(32)11-12-27-24(36)26(4,5)30-23(18)35/h6,8,16-18H,7,9-15H2,1-5H3,(H,27,36)(H,28,31)(H,29,34)(H,30,35)/b8-6+/t16-,17-,18-/m1/s1. The van der Waals surface area contributed by atoms with Gasteiger partial charge in [-0.3, -0.25) is 28.8 Å². The summed E-state index contributed by atoms with van der Waals surface area (Å²) in [4.78, 5) is 77.2. The van der Waals surface area contributed by atoms with Crippen molar-refractivity contribution in [3.05, 3.63) is 12.2 Å². The van der Waals surface area contributed by atoms with E-state index in [2.05, 4.69) is 21.3 Å². The fourth-order valence-electron chi connectivity index (χ4n) is 3.68. The van der Waals surface area contributed by atoms with Crippen LogP contribution in [0.3, 0.4) is 0 Å². The quantitative estimate of drug-likeness (QED) is 0.209. The Morgan fingerprint density at radius 3 is 2.52 bits per heavy atom. The van der Waals surface area contributed by atoms with Crippen LogP contribution < -0.4 is 21.3 Å². The molecule has 0 aromatic rings. The first-order chi connectivity index (χ1) is 18.7. The third kappa shape index (κ3) is 12.2. The Bertz CT molecular complexity index is 996. The SMILES string of the molecule is CC(C)(C)OC(=O)CC[C@H]1NC(=O)C[C@H]2/C=C/CCSSC[C@@H](NC1=O)C(=O)NC(C)(C)C(=O)NCCC(=O)O2. The van der Waals surface area contributed by atoms with Crippen LogP contribution in [-0.2, 0) is 38.2 Å². The van der Waals surface area contributed by atoms with E-state index in [1.54, 1.807) is 32.9 Å². The second kappa shape index (κ2) is 15.3. The molecule has 224 valence electrons. The molecule has 1 fully saturated rings. The van der Waals surface area contributed by atoms with Gasteiger partial charge in [0, 0.05) is 24.5 Å². The third-order valence-corrected chi connectivity index (χ3v) is 8.11. The number of allylic oxidation sites excluding steroid dienone is 1. The third-order valence-electron chi connectivity index (χ3n) is 5.67. The van der Waals surface area contributed by atoms with Crippen LogP contribution in [0.5, 0.6) is 0 Å². The van der Waals surface area contributed by atoms with Crippen LogP contribution in [0.15, 0.2) is 12.2 Å². The van der Waals surface area contributed by atoms with Crippen LogP contribution >= 0.6 is 21.6 Å². The maximum atomic E-state index is 13.4. The van der Waals surface area contributed by atoms with Gasteiger partial charge in [-0.1, -0.05) is 27.7 Å². The molecule has 2 aliphatic heterocycles. The number of carbonyl (C=O) groups is 6. The smallest absolute Gasteiger partial charge is 0.308 e. The molecule has 0 saturated carbocycles. The molecule has 14 heteroatoms. The molecule has 2 heterocycles. The van der Waals surface area contributed by atoms with E-state index >= 15 is 0 Å². The molecule has 4 amide bonds. The molecule has 40 heavy (non-hydrogen) atoms. The zero-order chi connectivity index (χ0) is 29.9. The fraction of sp³-hybridized carbons (Fsp3) is 0.692.